The Kier molecular flexibility index (Phi) is 5.34. The van der Waals surface area contributed by atoms with E-state index >= 15 is 0 Å². The number of methoxy groups -OCH3 is 1. The number of hydrogen-bond donors (Lipinski definition) is 3. The maximum absolute atomic E-state index is 11.7. The number of carbonyl (C=O) groups is 3. The molecule has 0 aliphatic carbocycles. The Morgan fingerprint density at radius 2 is 1.95 bits per heavy atom. The molecule has 2 amide bonds. The number of benzene rings is 1. The highest BCUT2D eigenvalue weighted by Crippen LogP contribution is 2.11. The minimum atomic E-state index is -1.07. The maximum atomic E-state index is 11.7. The van der Waals surface area contributed by atoms with Crippen molar-refractivity contribution in [3.63, 3.8) is 0 Å². The monoisotopic (exact) mass is 266 g/mol. The summed E-state index contributed by atoms with van der Waals surface area (Å²) < 4.78 is 4.96. The lowest BCUT2D eigenvalue weighted by molar-refractivity contribution is -0.138. The molecule has 1 aromatic carbocycles. The fourth-order valence-corrected chi connectivity index (χ4v) is 1.25. The second kappa shape index (κ2) is 7.00. The van der Waals surface area contributed by atoms with Crippen molar-refractivity contribution < 1.29 is 24.2 Å². The van der Waals surface area contributed by atoms with E-state index in [0.717, 1.165) is 0 Å². The largest absolute Gasteiger partial charge is 0.497 e. The van der Waals surface area contributed by atoms with Crippen LogP contribution in [-0.4, -0.2) is 30.0 Å². The molecule has 0 unspecified atom stereocenters. The van der Waals surface area contributed by atoms with Crippen LogP contribution in [0.2, 0.25) is 0 Å². The average molecular weight is 266 g/mol. The average Bonchev–Trinajstić information content (AvgIpc) is 2.42. The van der Waals surface area contributed by atoms with Crippen LogP contribution >= 0.6 is 0 Å². The summed E-state index contributed by atoms with van der Waals surface area (Å²) in [7, 11) is 1.48. The van der Waals surface area contributed by atoms with Gasteiger partial charge in [0, 0.05) is 12.0 Å². The zero-order valence-electron chi connectivity index (χ0n) is 10.3. The van der Waals surface area contributed by atoms with Gasteiger partial charge in [-0.2, -0.15) is 0 Å². The second-order valence-electron chi connectivity index (χ2n) is 3.63. The standard InChI is InChI=1S/C12H14N2O5/c1-19-9-4-2-3-8(7-9)12(18)14-13-10(15)5-6-11(16)17/h2-4,7H,5-6H2,1H3,(H,13,15)(H,14,18)(H,16,17). The Labute approximate surface area is 109 Å². The van der Waals surface area contributed by atoms with Gasteiger partial charge in [-0.15, -0.1) is 0 Å². The first kappa shape index (κ1) is 14.5. The van der Waals surface area contributed by atoms with Gasteiger partial charge in [0.25, 0.3) is 5.91 Å². The van der Waals surface area contributed by atoms with Crippen LogP contribution in [0.5, 0.6) is 5.75 Å². The molecule has 0 bridgehead atoms. The molecule has 0 aromatic heterocycles. The van der Waals surface area contributed by atoms with Gasteiger partial charge in [-0.3, -0.25) is 25.2 Å². The molecule has 19 heavy (non-hydrogen) atoms. The number of carboxylic acids is 1. The van der Waals surface area contributed by atoms with E-state index in [-0.39, 0.29) is 12.8 Å². The number of rotatable bonds is 5. The molecule has 1 rings (SSSR count). The minimum absolute atomic E-state index is 0.201. The lowest BCUT2D eigenvalue weighted by Gasteiger charge is -2.07. The first-order valence-corrected chi connectivity index (χ1v) is 5.48. The summed E-state index contributed by atoms with van der Waals surface area (Å²) in [5.41, 5.74) is 4.64. The van der Waals surface area contributed by atoms with Crippen molar-refractivity contribution in [3.05, 3.63) is 29.8 Å². The van der Waals surface area contributed by atoms with E-state index in [1.165, 1.54) is 13.2 Å². The summed E-state index contributed by atoms with van der Waals surface area (Å²) in [5.74, 6) is -1.64. The van der Waals surface area contributed by atoms with E-state index in [9.17, 15) is 14.4 Å². The molecular formula is C12H14N2O5. The Bertz CT molecular complexity index is 487. The van der Waals surface area contributed by atoms with Crippen LogP contribution in [0.1, 0.15) is 23.2 Å². The number of nitrogens with one attached hydrogen (secondary N) is 2. The topological polar surface area (TPSA) is 105 Å². The van der Waals surface area contributed by atoms with Gasteiger partial charge in [-0.05, 0) is 18.2 Å². The van der Waals surface area contributed by atoms with Crippen molar-refractivity contribution in [1.82, 2.24) is 10.9 Å². The zero-order chi connectivity index (χ0) is 14.3. The summed E-state index contributed by atoms with van der Waals surface area (Å²) >= 11 is 0. The lowest BCUT2D eigenvalue weighted by Crippen LogP contribution is -2.41. The van der Waals surface area contributed by atoms with Gasteiger partial charge in [-0.25, -0.2) is 0 Å². The van der Waals surface area contributed by atoms with Gasteiger partial charge < -0.3 is 9.84 Å². The molecule has 7 nitrogen and oxygen atoms in total. The maximum Gasteiger partial charge on any atom is 0.303 e. The molecule has 0 spiro atoms. The molecule has 0 saturated carbocycles. The molecular weight excluding hydrogens is 252 g/mol. The molecule has 102 valence electrons. The van der Waals surface area contributed by atoms with Gasteiger partial charge in [0.05, 0.1) is 13.5 Å². The van der Waals surface area contributed by atoms with Crippen LogP contribution in [0.3, 0.4) is 0 Å². The second-order valence-corrected chi connectivity index (χ2v) is 3.63. The first-order chi connectivity index (χ1) is 9.02. The van der Waals surface area contributed by atoms with E-state index in [1.807, 2.05) is 0 Å². The molecule has 1 aromatic rings. The first-order valence-electron chi connectivity index (χ1n) is 5.48. The van der Waals surface area contributed by atoms with Crippen molar-refractivity contribution >= 4 is 17.8 Å². The van der Waals surface area contributed by atoms with E-state index in [4.69, 9.17) is 9.84 Å². The van der Waals surface area contributed by atoms with Crippen molar-refractivity contribution in [1.29, 1.82) is 0 Å². The van der Waals surface area contributed by atoms with Gasteiger partial charge in [0.1, 0.15) is 5.75 Å². The molecule has 0 heterocycles. The third-order valence-corrected chi connectivity index (χ3v) is 2.21. The summed E-state index contributed by atoms with van der Waals surface area (Å²) in [6.07, 6.45) is -0.491. The molecule has 0 radical (unpaired) electrons. The number of carboxylic acid groups (broad SMARTS) is 1. The fraction of sp³-hybridized carbons (Fsp3) is 0.250. The van der Waals surface area contributed by atoms with Gasteiger partial charge in [-0.1, -0.05) is 6.07 Å². The summed E-state index contributed by atoms with van der Waals surface area (Å²) in [4.78, 5) is 33.1. The zero-order valence-corrected chi connectivity index (χ0v) is 10.3. The SMILES string of the molecule is COc1cccc(C(=O)NNC(=O)CCC(=O)O)c1. The Morgan fingerprint density at radius 1 is 1.21 bits per heavy atom. The third kappa shape index (κ3) is 5.07. The predicted octanol–water partition coefficient (Wildman–Crippen LogP) is 0.321. The molecule has 0 fully saturated rings. The Morgan fingerprint density at radius 3 is 2.58 bits per heavy atom. The van der Waals surface area contributed by atoms with Gasteiger partial charge in [0.15, 0.2) is 0 Å². The number of hydrazine groups is 1. The van der Waals surface area contributed by atoms with E-state index in [2.05, 4.69) is 10.9 Å². The number of hydrogen-bond acceptors (Lipinski definition) is 4. The van der Waals surface area contributed by atoms with E-state index in [0.29, 0.717) is 11.3 Å². The number of carbonyl (C=O) groups excluding carboxylic acids is 2. The Balaban J connectivity index is 2.46. The van der Waals surface area contributed by atoms with Crippen LogP contribution < -0.4 is 15.6 Å². The van der Waals surface area contributed by atoms with Gasteiger partial charge in [0.2, 0.25) is 5.91 Å². The van der Waals surface area contributed by atoms with E-state index < -0.39 is 17.8 Å². The minimum Gasteiger partial charge on any atom is -0.497 e. The van der Waals surface area contributed by atoms with Crippen LogP contribution in [0.25, 0.3) is 0 Å². The van der Waals surface area contributed by atoms with Crippen molar-refractivity contribution in [2.75, 3.05) is 7.11 Å². The van der Waals surface area contributed by atoms with Crippen molar-refractivity contribution in [2.45, 2.75) is 12.8 Å². The highest BCUT2D eigenvalue weighted by molar-refractivity contribution is 5.95. The van der Waals surface area contributed by atoms with Crippen LogP contribution in [-0.2, 0) is 9.59 Å². The highest BCUT2D eigenvalue weighted by Gasteiger charge is 2.09. The number of ether oxygens (including phenoxy) is 1. The number of aliphatic carboxylic acids is 1. The molecule has 0 saturated heterocycles. The Hall–Kier alpha value is -2.57. The predicted molar refractivity (Wildman–Crippen MR) is 65.5 cm³/mol. The molecule has 0 aliphatic heterocycles. The third-order valence-electron chi connectivity index (χ3n) is 2.21. The van der Waals surface area contributed by atoms with Crippen LogP contribution in [0.4, 0.5) is 0 Å². The molecule has 0 aliphatic rings. The molecule has 7 heteroatoms. The fourth-order valence-electron chi connectivity index (χ4n) is 1.25. The normalized spacial score (nSPS) is 9.53. The summed E-state index contributed by atoms with van der Waals surface area (Å²) in [6.45, 7) is 0. The van der Waals surface area contributed by atoms with E-state index in [1.54, 1.807) is 18.2 Å². The van der Waals surface area contributed by atoms with Crippen molar-refractivity contribution in [3.8, 4) is 5.75 Å². The summed E-state index contributed by atoms with van der Waals surface area (Å²) in [5, 5.41) is 8.39. The summed E-state index contributed by atoms with van der Waals surface area (Å²) in [6, 6.07) is 6.39. The van der Waals surface area contributed by atoms with Crippen LogP contribution in [0, 0.1) is 0 Å². The highest BCUT2D eigenvalue weighted by atomic mass is 16.5. The van der Waals surface area contributed by atoms with Gasteiger partial charge >= 0.3 is 5.97 Å². The smallest absolute Gasteiger partial charge is 0.303 e. The quantitative estimate of drug-likeness (QED) is 0.666. The molecule has 0 atom stereocenters. The number of amides is 2. The van der Waals surface area contributed by atoms with Crippen molar-refractivity contribution in [2.24, 2.45) is 0 Å². The van der Waals surface area contributed by atoms with Crippen LogP contribution in [0.15, 0.2) is 24.3 Å². The lowest BCUT2D eigenvalue weighted by atomic mass is 10.2. The molecule has 3 N–H and O–H groups in total.